The number of amides is 1. The second-order valence-electron chi connectivity index (χ2n) is 6.27. The molecule has 0 aliphatic heterocycles. The molecule has 1 aromatic heterocycles. The number of carbonyl (C=O) groups excluding carboxylic acids is 1. The van der Waals surface area contributed by atoms with Gasteiger partial charge in [-0.15, -0.1) is 0 Å². The maximum atomic E-state index is 12.7. The van der Waals surface area contributed by atoms with Crippen LogP contribution in [0.1, 0.15) is 22.0 Å². The minimum absolute atomic E-state index is 0.329. The number of carboxylic acid groups (broad SMARTS) is 1. The normalized spacial score (nSPS) is 11.9. The van der Waals surface area contributed by atoms with Gasteiger partial charge < -0.3 is 14.9 Å². The highest BCUT2D eigenvalue weighted by Gasteiger charge is 2.23. The van der Waals surface area contributed by atoms with Crippen molar-refractivity contribution >= 4 is 22.8 Å². The Balaban J connectivity index is 1.67. The Morgan fingerprint density at radius 2 is 1.61 bits per heavy atom. The van der Waals surface area contributed by atoms with Gasteiger partial charge in [0.25, 0.3) is 5.91 Å². The zero-order chi connectivity index (χ0) is 19.5. The Kier molecular flexibility index (Phi) is 4.60. The molecule has 0 fully saturated rings. The van der Waals surface area contributed by atoms with Crippen LogP contribution in [0.4, 0.5) is 0 Å². The van der Waals surface area contributed by atoms with E-state index in [4.69, 9.17) is 4.52 Å². The maximum Gasteiger partial charge on any atom is 0.330 e. The third-order valence-corrected chi connectivity index (χ3v) is 4.43. The lowest BCUT2D eigenvalue weighted by Crippen LogP contribution is -2.33. The summed E-state index contributed by atoms with van der Waals surface area (Å²) in [5.74, 6) is -1.06. The number of nitrogens with zero attached hydrogens (tertiary/aromatic N) is 1. The SMILES string of the molecule is O=C(N[C@@H](C(=O)O)c1ccccc1)c1ccc2noc(-c3ccccc3)c2c1. The molecule has 0 saturated heterocycles. The lowest BCUT2D eigenvalue weighted by Gasteiger charge is -2.15. The smallest absolute Gasteiger partial charge is 0.330 e. The monoisotopic (exact) mass is 372 g/mol. The van der Waals surface area contributed by atoms with E-state index in [0.29, 0.717) is 27.8 Å². The first-order valence-electron chi connectivity index (χ1n) is 8.67. The fourth-order valence-electron chi connectivity index (χ4n) is 3.03. The van der Waals surface area contributed by atoms with Crippen LogP contribution in [0.3, 0.4) is 0 Å². The summed E-state index contributed by atoms with van der Waals surface area (Å²) < 4.78 is 5.45. The molecule has 0 bridgehead atoms. The molecule has 1 atom stereocenters. The number of hydrogen-bond donors (Lipinski definition) is 2. The number of benzene rings is 3. The molecule has 6 heteroatoms. The molecule has 0 spiro atoms. The van der Waals surface area contributed by atoms with Gasteiger partial charge in [0.1, 0.15) is 5.52 Å². The van der Waals surface area contributed by atoms with E-state index in [-0.39, 0.29) is 0 Å². The summed E-state index contributed by atoms with van der Waals surface area (Å²) in [6.07, 6.45) is 0. The number of hydrogen-bond acceptors (Lipinski definition) is 4. The highest BCUT2D eigenvalue weighted by atomic mass is 16.5. The summed E-state index contributed by atoms with van der Waals surface area (Å²) >= 11 is 0. The number of carbonyl (C=O) groups is 2. The molecule has 6 nitrogen and oxygen atoms in total. The molecule has 2 N–H and O–H groups in total. The van der Waals surface area contributed by atoms with Gasteiger partial charge in [0, 0.05) is 11.1 Å². The van der Waals surface area contributed by atoms with Crippen LogP contribution in [0.25, 0.3) is 22.2 Å². The quantitative estimate of drug-likeness (QED) is 0.551. The predicted octanol–water partition coefficient (Wildman–Crippen LogP) is 4.05. The van der Waals surface area contributed by atoms with Gasteiger partial charge in [-0.2, -0.15) is 0 Å². The van der Waals surface area contributed by atoms with Crippen LogP contribution in [0.2, 0.25) is 0 Å². The summed E-state index contributed by atoms with van der Waals surface area (Å²) in [7, 11) is 0. The van der Waals surface area contributed by atoms with Gasteiger partial charge in [0.15, 0.2) is 11.8 Å². The molecular formula is C22H16N2O4. The number of nitrogens with one attached hydrogen (secondary N) is 1. The number of aliphatic carboxylic acids is 1. The van der Waals surface area contributed by atoms with Gasteiger partial charge in [-0.25, -0.2) is 4.79 Å². The van der Waals surface area contributed by atoms with Crippen molar-refractivity contribution in [2.45, 2.75) is 6.04 Å². The van der Waals surface area contributed by atoms with Crippen molar-refractivity contribution in [1.29, 1.82) is 0 Å². The van der Waals surface area contributed by atoms with Crippen molar-refractivity contribution in [3.05, 3.63) is 90.0 Å². The van der Waals surface area contributed by atoms with E-state index in [2.05, 4.69) is 10.5 Å². The van der Waals surface area contributed by atoms with Gasteiger partial charge >= 0.3 is 5.97 Å². The Morgan fingerprint density at radius 1 is 0.929 bits per heavy atom. The second-order valence-corrected chi connectivity index (χ2v) is 6.27. The minimum atomic E-state index is -1.14. The molecule has 3 aromatic carbocycles. The van der Waals surface area contributed by atoms with Crippen molar-refractivity contribution in [1.82, 2.24) is 10.5 Å². The Hall–Kier alpha value is -3.93. The van der Waals surface area contributed by atoms with E-state index >= 15 is 0 Å². The third kappa shape index (κ3) is 3.35. The summed E-state index contributed by atoms with van der Waals surface area (Å²) in [4.78, 5) is 24.4. The zero-order valence-corrected chi connectivity index (χ0v) is 14.7. The number of carboxylic acids is 1. The molecule has 0 aliphatic carbocycles. The average molecular weight is 372 g/mol. The maximum absolute atomic E-state index is 12.7. The number of rotatable bonds is 5. The molecule has 28 heavy (non-hydrogen) atoms. The van der Waals surface area contributed by atoms with Crippen molar-refractivity contribution in [3.8, 4) is 11.3 Å². The third-order valence-electron chi connectivity index (χ3n) is 4.43. The Labute approximate surface area is 160 Å². The van der Waals surface area contributed by atoms with E-state index in [1.165, 1.54) is 0 Å². The molecule has 1 heterocycles. The standard InChI is InChI=1S/C22H16N2O4/c25-21(23-19(22(26)27)14-7-3-1-4-8-14)16-11-12-18-17(13-16)20(28-24-18)15-9-5-2-6-10-15/h1-13,19H,(H,23,25)(H,26,27)/t19-/m1/s1. The van der Waals surface area contributed by atoms with E-state index in [1.54, 1.807) is 48.5 Å². The van der Waals surface area contributed by atoms with Gasteiger partial charge in [0.05, 0.1) is 5.39 Å². The summed E-state index contributed by atoms with van der Waals surface area (Å²) in [5, 5.41) is 16.8. The number of aromatic nitrogens is 1. The van der Waals surface area contributed by atoms with Gasteiger partial charge in [0.2, 0.25) is 0 Å². The van der Waals surface area contributed by atoms with E-state index < -0.39 is 17.9 Å². The summed E-state index contributed by atoms with van der Waals surface area (Å²) in [6, 6.07) is 21.8. The van der Waals surface area contributed by atoms with Crippen LogP contribution in [0.15, 0.2) is 83.4 Å². The Morgan fingerprint density at radius 3 is 2.29 bits per heavy atom. The summed E-state index contributed by atoms with van der Waals surface area (Å²) in [5.41, 5.74) is 2.29. The van der Waals surface area contributed by atoms with Crippen molar-refractivity contribution in [2.75, 3.05) is 0 Å². The number of fused-ring (bicyclic) bond motifs is 1. The minimum Gasteiger partial charge on any atom is -0.479 e. The van der Waals surface area contributed by atoms with Crippen molar-refractivity contribution < 1.29 is 19.2 Å². The average Bonchev–Trinajstić information content (AvgIpc) is 3.16. The van der Waals surface area contributed by atoms with Crippen molar-refractivity contribution in [3.63, 3.8) is 0 Å². The lowest BCUT2D eigenvalue weighted by molar-refractivity contribution is -0.139. The lowest BCUT2D eigenvalue weighted by atomic mass is 10.0. The molecular weight excluding hydrogens is 356 g/mol. The fourth-order valence-corrected chi connectivity index (χ4v) is 3.03. The first kappa shape index (κ1) is 17.5. The van der Waals surface area contributed by atoms with Gasteiger partial charge in [-0.3, -0.25) is 4.79 Å². The topological polar surface area (TPSA) is 92.4 Å². The highest BCUT2D eigenvalue weighted by Crippen LogP contribution is 2.29. The second kappa shape index (κ2) is 7.36. The molecule has 0 aliphatic rings. The van der Waals surface area contributed by atoms with Crippen LogP contribution in [-0.4, -0.2) is 22.1 Å². The van der Waals surface area contributed by atoms with Crippen LogP contribution >= 0.6 is 0 Å². The highest BCUT2D eigenvalue weighted by molar-refractivity contribution is 6.02. The molecule has 0 unspecified atom stereocenters. The van der Waals surface area contributed by atoms with Crippen LogP contribution in [0.5, 0.6) is 0 Å². The molecule has 0 radical (unpaired) electrons. The fraction of sp³-hybridized carbons (Fsp3) is 0.0455. The molecule has 4 aromatic rings. The summed E-state index contributed by atoms with van der Waals surface area (Å²) in [6.45, 7) is 0. The van der Waals surface area contributed by atoms with E-state index in [9.17, 15) is 14.7 Å². The molecule has 0 saturated carbocycles. The van der Waals surface area contributed by atoms with Gasteiger partial charge in [-0.05, 0) is 23.8 Å². The van der Waals surface area contributed by atoms with E-state index in [1.807, 2.05) is 30.3 Å². The van der Waals surface area contributed by atoms with Gasteiger partial charge in [-0.1, -0.05) is 65.8 Å². The zero-order valence-electron chi connectivity index (χ0n) is 14.7. The molecule has 1 amide bonds. The van der Waals surface area contributed by atoms with Crippen LogP contribution < -0.4 is 5.32 Å². The molecule has 4 rings (SSSR count). The van der Waals surface area contributed by atoms with Crippen molar-refractivity contribution in [2.24, 2.45) is 0 Å². The van der Waals surface area contributed by atoms with Crippen LogP contribution in [0, 0.1) is 0 Å². The Bertz CT molecular complexity index is 1140. The molecule has 138 valence electrons. The first-order valence-corrected chi connectivity index (χ1v) is 8.67. The predicted molar refractivity (Wildman–Crippen MR) is 104 cm³/mol. The van der Waals surface area contributed by atoms with Crippen LogP contribution in [-0.2, 0) is 4.79 Å². The van der Waals surface area contributed by atoms with E-state index in [0.717, 1.165) is 5.56 Å². The largest absolute Gasteiger partial charge is 0.479 e. The first-order chi connectivity index (χ1) is 13.6.